The summed E-state index contributed by atoms with van der Waals surface area (Å²) in [5.41, 5.74) is 1.77. The second-order valence-electron chi connectivity index (χ2n) is 8.17. The van der Waals surface area contributed by atoms with Crippen LogP contribution in [0.2, 0.25) is 0 Å². The molecule has 0 aliphatic rings. The number of nitrogens with one attached hydrogen (secondary N) is 1. The van der Waals surface area contributed by atoms with Crippen LogP contribution in [0.4, 0.5) is 0 Å². The SMILES string of the molecule is CC(O)C(NC(c1ccccc1)(c1ccccc1)c1ccccc1)C(=O)O.CCN(CC)CC. The Bertz CT molecular complexity index is 856. The first-order chi connectivity index (χ1) is 16.4. The van der Waals surface area contributed by atoms with Gasteiger partial charge in [0.05, 0.1) is 11.6 Å². The van der Waals surface area contributed by atoms with E-state index in [1.54, 1.807) is 0 Å². The highest BCUT2D eigenvalue weighted by Crippen LogP contribution is 2.37. The number of nitrogens with zero attached hydrogens (tertiary/aromatic N) is 1. The smallest absolute Gasteiger partial charge is 0.323 e. The van der Waals surface area contributed by atoms with E-state index in [1.807, 2.05) is 91.0 Å². The molecule has 0 saturated carbocycles. The monoisotopic (exact) mass is 462 g/mol. The van der Waals surface area contributed by atoms with E-state index in [2.05, 4.69) is 31.0 Å². The van der Waals surface area contributed by atoms with Crippen molar-refractivity contribution in [2.75, 3.05) is 19.6 Å². The van der Waals surface area contributed by atoms with E-state index in [9.17, 15) is 15.0 Å². The second-order valence-corrected chi connectivity index (χ2v) is 8.17. The van der Waals surface area contributed by atoms with E-state index in [4.69, 9.17) is 0 Å². The van der Waals surface area contributed by atoms with E-state index in [0.717, 1.165) is 16.7 Å². The average molecular weight is 463 g/mol. The molecule has 0 radical (unpaired) electrons. The van der Waals surface area contributed by atoms with Crippen molar-refractivity contribution in [1.29, 1.82) is 0 Å². The van der Waals surface area contributed by atoms with Crippen LogP contribution in [0.1, 0.15) is 44.4 Å². The Kier molecular flexibility index (Phi) is 10.9. The molecule has 3 aromatic carbocycles. The minimum Gasteiger partial charge on any atom is -0.480 e. The molecule has 2 unspecified atom stereocenters. The van der Waals surface area contributed by atoms with Gasteiger partial charge >= 0.3 is 5.97 Å². The molecular formula is C29H38N2O3. The Morgan fingerprint density at radius 1 is 0.765 bits per heavy atom. The van der Waals surface area contributed by atoms with Crippen LogP contribution in [0.15, 0.2) is 91.0 Å². The largest absolute Gasteiger partial charge is 0.480 e. The number of aliphatic hydroxyl groups is 1. The molecule has 3 aromatic rings. The van der Waals surface area contributed by atoms with Crippen LogP contribution >= 0.6 is 0 Å². The number of carboxylic acid groups (broad SMARTS) is 1. The van der Waals surface area contributed by atoms with Crippen LogP contribution in [0.5, 0.6) is 0 Å². The molecule has 0 saturated heterocycles. The number of hydrogen-bond donors (Lipinski definition) is 3. The van der Waals surface area contributed by atoms with Crippen molar-refractivity contribution >= 4 is 5.97 Å². The Labute approximate surface area is 204 Å². The predicted octanol–water partition coefficient (Wildman–Crippen LogP) is 4.75. The summed E-state index contributed by atoms with van der Waals surface area (Å²) in [5, 5.41) is 23.1. The topological polar surface area (TPSA) is 72.8 Å². The van der Waals surface area contributed by atoms with Gasteiger partial charge in [-0.25, -0.2) is 0 Å². The van der Waals surface area contributed by atoms with Crippen LogP contribution < -0.4 is 5.32 Å². The molecule has 2 atom stereocenters. The molecule has 0 heterocycles. The van der Waals surface area contributed by atoms with E-state index < -0.39 is 23.7 Å². The van der Waals surface area contributed by atoms with Crippen LogP contribution in [-0.2, 0) is 10.3 Å². The summed E-state index contributed by atoms with van der Waals surface area (Å²) in [6.45, 7) is 11.6. The van der Waals surface area contributed by atoms with Gasteiger partial charge in [0.1, 0.15) is 6.04 Å². The summed E-state index contributed by atoms with van der Waals surface area (Å²) in [5.74, 6) is -1.10. The fourth-order valence-electron chi connectivity index (χ4n) is 4.11. The lowest BCUT2D eigenvalue weighted by molar-refractivity contribution is -0.142. The third-order valence-corrected chi connectivity index (χ3v) is 6.08. The zero-order valence-corrected chi connectivity index (χ0v) is 20.7. The van der Waals surface area contributed by atoms with Crippen molar-refractivity contribution in [2.45, 2.75) is 45.4 Å². The molecule has 182 valence electrons. The van der Waals surface area contributed by atoms with Gasteiger partial charge in [-0.05, 0) is 43.2 Å². The summed E-state index contributed by atoms with van der Waals surface area (Å²) in [6, 6.07) is 28.0. The number of carbonyl (C=O) groups is 1. The molecule has 34 heavy (non-hydrogen) atoms. The van der Waals surface area contributed by atoms with Gasteiger partial charge < -0.3 is 15.1 Å². The standard InChI is InChI=1S/C23H23NO3.C6H15N/c1-17(25)21(22(26)27)24-23(18-11-5-2-6-12-18,19-13-7-3-8-14-19)20-15-9-4-10-16-20;1-4-7(5-2)6-3/h2-17,21,24-25H,1H3,(H,26,27);4-6H2,1-3H3. The fraction of sp³-hybridized carbons (Fsp3) is 0.345. The third kappa shape index (κ3) is 6.76. The Morgan fingerprint density at radius 3 is 1.29 bits per heavy atom. The maximum absolute atomic E-state index is 11.9. The molecule has 0 amide bonds. The van der Waals surface area contributed by atoms with E-state index in [1.165, 1.54) is 26.6 Å². The Hall–Kier alpha value is -2.99. The van der Waals surface area contributed by atoms with E-state index in [-0.39, 0.29) is 0 Å². The number of aliphatic carboxylic acids is 1. The molecule has 5 heteroatoms. The van der Waals surface area contributed by atoms with Gasteiger partial charge in [-0.2, -0.15) is 0 Å². The van der Waals surface area contributed by atoms with Crippen LogP contribution in [0, 0.1) is 0 Å². The number of benzene rings is 3. The lowest BCUT2D eigenvalue weighted by Crippen LogP contribution is -2.56. The summed E-state index contributed by atoms with van der Waals surface area (Å²) >= 11 is 0. The summed E-state index contributed by atoms with van der Waals surface area (Å²) in [7, 11) is 0. The van der Waals surface area contributed by atoms with Crippen LogP contribution in [-0.4, -0.2) is 52.9 Å². The van der Waals surface area contributed by atoms with Gasteiger partial charge in [0, 0.05) is 0 Å². The molecule has 0 bridgehead atoms. The first kappa shape index (κ1) is 27.3. The van der Waals surface area contributed by atoms with Crippen molar-refractivity contribution in [3.63, 3.8) is 0 Å². The molecule has 0 aliphatic carbocycles. The summed E-state index contributed by atoms with van der Waals surface area (Å²) in [6.07, 6.45) is -1.07. The van der Waals surface area contributed by atoms with E-state index in [0.29, 0.717) is 0 Å². The lowest BCUT2D eigenvalue weighted by Gasteiger charge is -2.39. The fourth-order valence-corrected chi connectivity index (χ4v) is 4.11. The van der Waals surface area contributed by atoms with Gasteiger partial charge in [0.25, 0.3) is 0 Å². The first-order valence-electron chi connectivity index (χ1n) is 12.0. The van der Waals surface area contributed by atoms with Crippen molar-refractivity contribution in [3.8, 4) is 0 Å². The summed E-state index contributed by atoms with van der Waals surface area (Å²) in [4.78, 5) is 14.3. The van der Waals surface area contributed by atoms with Crippen molar-refractivity contribution in [1.82, 2.24) is 10.2 Å². The normalized spacial score (nSPS) is 13.0. The lowest BCUT2D eigenvalue weighted by atomic mass is 9.76. The second kappa shape index (κ2) is 13.7. The molecule has 0 spiro atoms. The van der Waals surface area contributed by atoms with Gasteiger partial charge in [0.2, 0.25) is 0 Å². The molecular weight excluding hydrogens is 424 g/mol. The van der Waals surface area contributed by atoms with Gasteiger partial charge in [-0.15, -0.1) is 0 Å². The molecule has 0 aliphatic heterocycles. The molecule has 0 aromatic heterocycles. The van der Waals surface area contributed by atoms with Gasteiger partial charge in [-0.3, -0.25) is 10.1 Å². The highest BCUT2D eigenvalue weighted by atomic mass is 16.4. The highest BCUT2D eigenvalue weighted by molar-refractivity contribution is 5.75. The minimum absolute atomic E-state index is 0.898. The molecule has 0 fully saturated rings. The molecule has 3 N–H and O–H groups in total. The van der Waals surface area contributed by atoms with Crippen molar-refractivity contribution in [3.05, 3.63) is 108 Å². The highest BCUT2D eigenvalue weighted by Gasteiger charge is 2.41. The molecule has 3 rings (SSSR count). The number of carboxylic acids is 1. The maximum Gasteiger partial charge on any atom is 0.323 e. The van der Waals surface area contributed by atoms with Gasteiger partial charge in [0.15, 0.2) is 0 Å². The Balaban J connectivity index is 0.000000509. The minimum atomic E-state index is -1.15. The molecule has 5 nitrogen and oxygen atoms in total. The van der Waals surface area contributed by atoms with Crippen molar-refractivity contribution in [2.24, 2.45) is 0 Å². The maximum atomic E-state index is 11.9. The average Bonchev–Trinajstić information content (AvgIpc) is 2.87. The number of rotatable bonds is 10. The van der Waals surface area contributed by atoms with Crippen LogP contribution in [0.25, 0.3) is 0 Å². The third-order valence-electron chi connectivity index (χ3n) is 6.08. The quantitative estimate of drug-likeness (QED) is 0.379. The van der Waals surface area contributed by atoms with Crippen LogP contribution in [0.3, 0.4) is 0 Å². The number of aliphatic hydroxyl groups excluding tert-OH is 1. The van der Waals surface area contributed by atoms with Gasteiger partial charge in [-0.1, -0.05) is 112 Å². The zero-order chi connectivity index (χ0) is 25.0. The van der Waals surface area contributed by atoms with Crippen molar-refractivity contribution < 1.29 is 15.0 Å². The Morgan fingerprint density at radius 2 is 1.09 bits per heavy atom. The first-order valence-corrected chi connectivity index (χ1v) is 12.0. The summed E-state index contributed by atoms with van der Waals surface area (Å²) < 4.78 is 0. The van der Waals surface area contributed by atoms with E-state index >= 15 is 0 Å². The number of hydrogen-bond acceptors (Lipinski definition) is 4. The predicted molar refractivity (Wildman–Crippen MR) is 139 cm³/mol. The zero-order valence-electron chi connectivity index (χ0n) is 20.7.